The molecule has 1 saturated heterocycles. The number of urea groups is 1. The summed E-state index contributed by atoms with van der Waals surface area (Å²) >= 11 is 0. The van der Waals surface area contributed by atoms with Gasteiger partial charge in [-0.3, -0.25) is 4.79 Å². The van der Waals surface area contributed by atoms with Crippen LogP contribution in [0.1, 0.15) is 46.0 Å². The first-order chi connectivity index (χ1) is 9.86. The highest BCUT2D eigenvalue weighted by Gasteiger charge is 2.48. The standard InChI is InChI=1S/C15H27N3O3/c1-10(2)15(13(19)20)7-8-18(9-15)14(21)17-12-6-4-3-5-11(12)16/h10-12H,3-9,16H2,1-2H3,(H,17,21)(H,19,20). The van der Waals surface area contributed by atoms with Crippen LogP contribution in [0.3, 0.4) is 0 Å². The summed E-state index contributed by atoms with van der Waals surface area (Å²) in [6.07, 6.45) is 4.57. The fraction of sp³-hybridized carbons (Fsp3) is 0.867. The van der Waals surface area contributed by atoms with Crippen LogP contribution in [0.5, 0.6) is 0 Å². The maximum atomic E-state index is 12.4. The van der Waals surface area contributed by atoms with Crippen molar-refractivity contribution in [3.63, 3.8) is 0 Å². The predicted molar refractivity (Wildman–Crippen MR) is 79.9 cm³/mol. The fourth-order valence-electron chi connectivity index (χ4n) is 3.49. The van der Waals surface area contributed by atoms with Crippen LogP contribution in [-0.2, 0) is 4.79 Å². The van der Waals surface area contributed by atoms with Gasteiger partial charge in [0.25, 0.3) is 0 Å². The summed E-state index contributed by atoms with van der Waals surface area (Å²) in [5, 5.41) is 12.5. The van der Waals surface area contributed by atoms with Gasteiger partial charge in [-0.1, -0.05) is 26.7 Å². The van der Waals surface area contributed by atoms with Crippen molar-refractivity contribution in [2.24, 2.45) is 17.1 Å². The molecule has 2 aliphatic rings. The maximum Gasteiger partial charge on any atom is 0.317 e. The van der Waals surface area contributed by atoms with Crippen molar-refractivity contribution in [3.05, 3.63) is 0 Å². The summed E-state index contributed by atoms with van der Waals surface area (Å²) in [6.45, 7) is 4.60. The van der Waals surface area contributed by atoms with Crippen LogP contribution in [0.25, 0.3) is 0 Å². The molecule has 3 atom stereocenters. The number of nitrogens with one attached hydrogen (secondary N) is 1. The number of carbonyl (C=O) groups is 2. The number of carboxylic acids is 1. The van der Waals surface area contributed by atoms with E-state index in [9.17, 15) is 14.7 Å². The minimum absolute atomic E-state index is 0.00439. The Bertz CT molecular complexity index is 413. The van der Waals surface area contributed by atoms with E-state index in [4.69, 9.17) is 5.73 Å². The van der Waals surface area contributed by atoms with Crippen LogP contribution < -0.4 is 11.1 Å². The Morgan fingerprint density at radius 2 is 2.00 bits per heavy atom. The molecule has 0 radical (unpaired) electrons. The highest BCUT2D eigenvalue weighted by atomic mass is 16.4. The van der Waals surface area contributed by atoms with E-state index >= 15 is 0 Å². The third-order valence-electron chi connectivity index (χ3n) is 5.25. The smallest absolute Gasteiger partial charge is 0.317 e. The molecule has 6 heteroatoms. The molecule has 21 heavy (non-hydrogen) atoms. The van der Waals surface area contributed by atoms with Crippen molar-refractivity contribution in [2.45, 2.75) is 58.0 Å². The zero-order chi connectivity index (χ0) is 15.6. The summed E-state index contributed by atoms with van der Waals surface area (Å²) in [6, 6.07) is -0.133. The molecule has 0 aromatic carbocycles. The second-order valence-electron chi connectivity index (χ2n) is 6.79. The molecule has 3 unspecified atom stereocenters. The molecular formula is C15H27N3O3. The SMILES string of the molecule is CC(C)C1(C(=O)O)CCN(C(=O)NC2CCCCC2N)C1. The van der Waals surface area contributed by atoms with Crippen LogP contribution in [0, 0.1) is 11.3 Å². The monoisotopic (exact) mass is 297 g/mol. The van der Waals surface area contributed by atoms with Crippen LogP contribution in [0.4, 0.5) is 4.79 Å². The van der Waals surface area contributed by atoms with Crippen molar-refractivity contribution in [3.8, 4) is 0 Å². The van der Waals surface area contributed by atoms with Crippen molar-refractivity contribution >= 4 is 12.0 Å². The number of nitrogens with two attached hydrogens (primary N) is 1. The number of nitrogens with zero attached hydrogens (tertiary/aromatic N) is 1. The van der Waals surface area contributed by atoms with Gasteiger partial charge in [0.2, 0.25) is 0 Å². The van der Waals surface area contributed by atoms with Gasteiger partial charge in [0.15, 0.2) is 0 Å². The third kappa shape index (κ3) is 3.15. The average molecular weight is 297 g/mol. The number of aliphatic carboxylic acids is 1. The molecule has 1 heterocycles. The first-order valence-corrected chi connectivity index (χ1v) is 7.91. The van der Waals surface area contributed by atoms with Crippen molar-refractivity contribution in [2.75, 3.05) is 13.1 Å². The molecule has 0 spiro atoms. The molecule has 0 aromatic rings. The van der Waals surface area contributed by atoms with Gasteiger partial charge < -0.3 is 21.1 Å². The Balaban J connectivity index is 1.97. The predicted octanol–water partition coefficient (Wildman–Crippen LogP) is 1.40. The Labute approximate surface area is 126 Å². The van der Waals surface area contributed by atoms with Crippen LogP contribution in [-0.4, -0.2) is 47.2 Å². The molecule has 120 valence electrons. The molecule has 0 bridgehead atoms. The number of likely N-dealkylation sites (tertiary alicyclic amines) is 1. The van der Waals surface area contributed by atoms with E-state index in [1.165, 1.54) is 0 Å². The zero-order valence-electron chi connectivity index (χ0n) is 13.0. The number of hydrogen-bond donors (Lipinski definition) is 3. The molecule has 6 nitrogen and oxygen atoms in total. The highest BCUT2D eigenvalue weighted by molar-refractivity contribution is 5.80. The van der Waals surface area contributed by atoms with E-state index in [0.717, 1.165) is 25.7 Å². The first kappa shape index (κ1) is 16.1. The van der Waals surface area contributed by atoms with E-state index < -0.39 is 11.4 Å². The fourth-order valence-corrected chi connectivity index (χ4v) is 3.49. The average Bonchev–Trinajstić information content (AvgIpc) is 2.88. The summed E-state index contributed by atoms with van der Waals surface area (Å²) < 4.78 is 0. The quantitative estimate of drug-likeness (QED) is 0.733. The van der Waals surface area contributed by atoms with Gasteiger partial charge in [-0.25, -0.2) is 4.79 Å². The normalized spacial score (nSPS) is 33.2. The second-order valence-corrected chi connectivity index (χ2v) is 6.79. The van der Waals surface area contributed by atoms with E-state index in [1.54, 1.807) is 4.90 Å². The van der Waals surface area contributed by atoms with E-state index in [1.807, 2.05) is 13.8 Å². The van der Waals surface area contributed by atoms with Gasteiger partial charge >= 0.3 is 12.0 Å². The number of carbonyl (C=O) groups excluding carboxylic acids is 1. The van der Waals surface area contributed by atoms with E-state index in [0.29, 0.717) is 13.0 Å². The van der Waals surface area contributed by atoms with Gasteiger partial charge in [0.05, 0.1) is 5.41 Å². The van der Waals surface area contributed by atoms with Crippen molar-refractivity contribution < 1.29 is 14.7 Å². The lowest BCUT2D eigenvalue weighted by molar-refractivity contribution is -0.150. The van der Waals surface area contributed by atoms with Gasteiger partial charge in [-0.2, -0.15) is 0 Å². The van der Waals surface area contributed by atoms with E-state index in [-0.39, 0.29) is 30.6 Å². The van der Waals surface area contributed by atoms with Gasteiger partial charge in [-0.15, -0.1) is 0 Å². The molecular weight excluding hydrogens is 270 g/mol. The molecule has 1 aliphatic carbocycles. The molecule has 2 rings (SSSR count). The van der Waals surface area contributed by atoms with E-state index in [2.05, 4.69) is 5.32 Å². The number of hydrogen-bond acceptors (Lipinski definition) is 3. The van der Waals surface area contributed by atoms with Crippen molar-refractivity contribution in [1.29, 1.82) is 0 Å². The largest absolute Gasteiger partial charge is 0.481 e. The van der Waals surface area contributed by atoms with Gasteiger partial charge in [0, 0.05) is 25.2 Å². The zero-order valence-corrected chi connectivity index (χ0v) is 13.0. The minimum Gasteiger partial charge on any atom is -0.481 e. The lowest BCUT2D eigenvalue weighted by atomic mass is 9.76. The Morgan fingerprint density at radius 1 is 1.33 bits per heavy atom. The molecule has 2 amide bonds. The number of rotatable bonds is 3. The maximum absolute atomic E-state index is 12.4. The number of carboxylic acid groups (broad SMARTS) is 1. The molecule has 1 aliphatic heterocycles. The van der Waals surface area contributed by atoms with Crippen LogP contribution in [0.2, 0.25) is 0 Å². The van der Waals surface area contributed by atoms with Crippen LogP contribution >= 0.6 is 0 Å². The van der Waals surface area contributed by atoms with Gasteiger partial charge in [-0.05, 0) is 25.2 Å². The number of amides is 2. The van der Waals surface area contributed by atoms with Gasteiger partial charge in [0.1, 0.15) is 0 Å². The molecule has 4 N–H and O–H groups in total. The van der Waals surface area contributed by atoms with Crippen molar-refractivity contribution in [1.82, 2.24) is 10.2 Å². The summed E-state index contributed by atoms with van der Waals surface area (Å²) in [7, 11) is 0. The summed E-state index contributed by atoms with van der Waals surface area (Å²) in [5.74, 6) is -0.799. The molecule has 0 aromatic heterocycles. The molecule has 1 saturated carbocycles. The Morgan fingerprint density at radius 3 is 2.52 bits per heavy atom. The second kappa shape index (κ2) is 6.22. The topological polar surface area (TPSA) is 95.7 Å². The Kier molecular flexibility index (Phi) is 4.76. The third-order valence-corrected chi connectivity index (χ3v) is 5.25. The first-order valence-electron chi connectivity index (χ1n) is 7.91. The minimum atomic E-state index is -0.813. The summed E-state index contributed by atoms with van der Waals surface area (Å²) in [5.41, 5.74) is 5.23. The Hall–Kier alpha value is -1.30. The molecule has 2 fully saturated rings. The lowest BCUT2D eigenvalue weighted by Gasteiger charge is -2.32. The lowest BCUT2D eigenvalue weighted by Crippen LogP contribution is -2.53. The summed E-state index contributed by atoms with van der Waals surface area (Å²) in [4.78, 5) is 25.6. The highest BCUT2D eigenvalue weighted by Crippen LogP contribution is 2.38. The van der Waals surface area contributed by atoms with Crippen LogP contribution in [0.15, 0.2) is 0 Å².